The number of nitrogens with zero attached hydrogens (tertiary/aromatic N) is 2. The van der Waals surface area contributed by atoms with Gasteiger partial charge in [-0.2, -0.15) is 5.10 Å². The molecule has 0 radical (unpaired) electrons. The minimum atomic E-state index is -0.103. The lowest BCUT2D eigenvalue weighted by atomic mass is 9.97. The van der Waals surface area contributed by atoms with Gasteiger partial charge >= 0.3 is 5.97 Å². The number of H-pyrrole nitrogens is 1. The number of benzene rings is 1. The molecule has 1 atom stereocenters. The van der Waals surface area contributed by atoms with E-state index >= 15 is 0 Å². The highest BCUT2D eigenvalue weighted by Crippen LogP contribution is 2.41. The summed E-state index contributed by atoms with van der Waals surface area (Å²) >= 11 is 0. The highest BCUT2D eigenvalue weighted by Gasteiger charge is 2.27. The molecular formula is C21H29N3O5. The molecule has 3 rings (SSSR count). The molecule has 29 heavy (non-hydrogen) atoms. The van der Waals surface area contributed by atoms with Crippen LogP contribution in [0.3, 0.4) is 0 Å². The van der Waals surface area contributed by atoms with Crippen molar-refractivity contribution < 1.29 is 23.7 Å². The summed E-state index contributed by atoms with van der Waals surface area (Å²) in [6.45, 7) is 4.59. The maximum atomic E-state index is 12.1. The van der Waals surface area contributed by atoms with Crippen LogP contribution in [0.15, 0.2) is 18.3 Å². The Bertz CT molecular complexity index is 810. The lowest BCUT2D eigenvalue weighted by molar-refractivity contribution is -0.150. The van der Waals surface area contributed by atoms with Crippen molar-refractivity contribution in [1.29, 1.82) is 0 Å². The van der Waals surface area contributed by atoms with Crippen LogP contribution in [0.25, 0.3) is 11.3 Å². The van der Waals surface area contributed by atoms with Crippen molar-refractivity contribution >= 4 is 5.97 Å². The van der Waals surface area contributed by atoms with Crippen LogP contribution >= 0.6 is 0 Å². The zero-order valence-electron chi connectivity index (χ0n) is 17.5. The first-order valence-electron chi connectivity index (χ1n) is 9.82. The number of carbonyl (C=O) groups excluding carboxylic acids is 1. The summed E-state index contributed by atoms with van der Waals surface area (Å²) in [6, 6.07) is 3.80. The summed E-state index contributed by atoms with van der Waals surface area (Å²) in [7, 11) is 4.77. The predicted octanol–water partition coefficient (Wildman–Crippen LogP) is 2.88. The molecule has 1 N–H and O–H groups in total. The fourth-order valence-corrected chi connectivity index (χ4v) is 3.80. The molecule has 8 nitrogen and oxygen atoms in total. The van der Waals surface area contributed by atoms with Gasteiger partial charge in [-0.1, -0.05) is 0 Å². The average molecular weight is 403 g/mol. The molecule has 0 spiro atoms. The summed E-state index contributed by atoms with van der Waals surface area (Å²) in [4.78, 5) is 14.4. The molecule has 1 aliphatic heterocycles. The van der Waals surface area contributed by atoms with E-state index in [2.05, 4.69) is 15.1 Å². The quantitative estimate of drug-likeness (QED) is 0.678. The van der Waals surface area contributed by atoms with Gasteiger partial charge in [0.1, 0.15) is 0 Å². The van der Waals surface area contributed by atoms with Gasteiger partial charge in [-0.05, 0) is 38.4 Å². The normalized spacial score (nSPS) is 17.0. The number of rotatable bonds is 8. The second kappa shape index (κ2) is 9.65. The van der Waals surface area contributed by atoms with Crippen LogP contribution in [0.5, 0.6) is 17.2 Å². The Morgan fingerprint density at radius 3 is 2.55 bits per heavy atom. The number of aromatic amines is 1. The van der Waals surface area contributed by atoms with Crippen LogP contribution < -0.4 is 14.2 Å². The van der Waals surface area contributed by atoms with Crippen molar-refractivity contribution in [2.45, 2.75) is 26.3 Å². The van der Waals surface area contributed by atoms with E-state index in [9.17, 15) is 4.79 Å². The van der Waals surface area contributed by atoms with Crippen molar-refractivity contribution in [2.24, 2.45) is 5.92 Å². The third-order valence-corrected chi connectivity index (χ3v) is 5.19. The Morgan fingerprint density at radius 1 is 1.21 bits per heavy atom. The van der Waals surface area contributed by atoms with Gasteiger partial charge in [0.2, 0.25) is 5.75 Å². The van der Waals surface area contributed by atoms with E-state index in [0.29, 0.717) is 36.9 Å². The number of likely N-dealkylation sites (tertiary alicyclic amines) is 1. The second-order valence-corrected chi connectivity index (χ2v) is 7.01. The van der Waals surface area contributed by atoms with E-state index in [0.717, 1.165) is 36.2 Å². The Kier molecular flexibility index (Phi) is 6.98. The molecule has 2 aromatic rings. The van der Waals surface area contributed by atoms with Crippen molar-refractivity contribution in [3.63, 3.8) is 0 Å². The van der Waals surface area contributed by atoms with E-state index < -0.39 is 0 Å². The summed E-state index contributed by atoms with van der Waals surface area (Å²) in [5.41, 5.74) is 2.83. The van der Waals surface area contributed by atoms with Gasteiger partial charge in [-0.25, -0.2) is 0 Å². The first-order chi connectivity index (χ1) is 14.1. The fourth-order valence-electron chi connectivity index (χ4n) is 3.80. The number of methoxy groups -OCH3 is 3. The van der Waals surface area contributed by atoms with Gasteiger partial charge in [0.05, 0.1) is 45.7 Å². The highest BCUT2D eigenvalue weighted by molar-refractivity contribution is 5.73. The van der Waals surface area contributed by atoms with Crippen LogP contribution in [0.1, 0.15) is 25.3 Å². The van der Waals surface area contributed by atoms with Crippen molar-refractivity contribution in [2.75, 3.05) is 41.0 Å². The van der Waals surface area contributed by atoms with Gasteiger partial charge in [0.15, 0.2) is 11.5 Å². The first kappa shape index (κ1) is 21.0. The Balaban J connectivity index is 1.82. The predicted molar refractivity (Wildman–Crippen MR) is 108 cm³/mol. The van der Waals surface area contributed by atoms with E-state index in [1.807, 2.05) is 25.3 Å². The molecule has 2 heterocycles. The standard InChI is InChI=1S/C21H29N3O5/c1-5-29-21(25)14-7-6-8-24(12-14)13-16-11-22-23-19(16)15-9-17(26-2)20(28-4)18(10-15)27-3/h9-11,14H,5-8,12-13H2,1-4H3,(H,22,23). The van der Waals surface area contributed by atoms with Gasteiger partial charge in [0.25, 0.3) is 0 Å². The molecule has 0 amide bonds. The molecule has 0 bridgehead atoms. The minimum absolute atomic E-state index is 0.0692. The largest absolute Gasteiger partial charge is 0.493 e. The summed E-state index contributed by atoms with van der Waals surface area (Å²) in [5, 5.41) is 7.33. The molecule has 158 valence electrons. The fraction of sp³-hybridized carbons (Fsp3) is 0.524. The molecule has 0 aliphatic carbocycles. The molecule has 1 aromatic carbocycles. The van der Waals surface area contributed by atoms with E-state index in [4.69, 9.17) is 18.9 Å². The monoisotopic (exact) mass is 403 g/mol. The molecular weight excluding hydrogens is 374 g/mol. The average Bonchev–Trinajstić information content (AvgIpc) is 3.21. The number of hydrogen-bond acceptors (Lipinski definition) is 7. The number of ether oxygens (including phenoxy) is 4. The van der Waals surface area contributed by atoms with E-state index in [1.54, 1.807) is 21.3 Å². The summed E-state index contributed by atoms with van der Waals surface area (Å²) < 4.78 is 21.6. The van der Waals surface area contributed by atoms with E-state index in [1.165, 1.54) is 0 Å². The molecule has 1 unspecified atom stereocenters. The lowest BCUT2D eigenvalue weighted by Gasteiger charge is -2.31. The Labute approximate surface area is 171 Å². The van der Waals surface area contributed by atoms with Crippen LogP contribution in [0.4, 0.5) is 0 Å². The van der Waals surface area contributed by atoms with Gasteiger partial charge < -0.3 is 18.9 Å². The van der Waals surface area contributed by atoms with Crippen molar-refractivity contribution in [1.82, 2.24) is 15.1 Å². The topological polar surface area (TPSA) is 85.9 Å². The zero-order chi connectivity index (χ0) is 20.8. The highest BCUT2D eigenvalue weighted by atomic mass is 16.5. The maximum absolute atomic E-state index is 12.1. The zero-order valence-corrected chi connectivity index (χ0v) is 17.5. The number of carbonyl (C=O) groups is 1. The molecule has 8 heteroatoms. The number of nitrogens with one attached hydrogen (secondary N) is 1. The van der Waals surface area contributed by atoms with Crippen molar-refractivity contribution in [3.05, 3.63) is 23.9 Å². The summed E-state index contributed by atoms with van der Waals surface area (Å²) in [5.74, 6) is 1.55. The maximum Gasteiger partial charge on any atom is 0.310 e. The van der Waals surface area contributed by atoms with Crippen molar-refractivity contribution in [3.8, 4) is 28.5 Å². The van der Waals surface area contributed by atoms with Crippen LogP contribution in [0.2, 0.25) is 0 Å². The van der Waals surface area contributed by atoms with Crippen LogP contribution in [0, 0.1) is 5.92 Å². The molecule has 1 aliphatic rings. The summed E-state index contributed by atoms with van der Waals surface area (Å²) in [6.07, 6.45) is 3.67. The third-order valence-electron chi connectivity index (χ3n) is 5.19. The Morgan fingerprint density at radius 2 is 1.93 bits per heavy atom. The lowest BCUT2D eigenvalue weighted by Crippen LogP contribution is -2.38. The van der Waals surface area contributed by atoms with Gasteiger partial charge in [-0.15, -0.1) is 0 Å². The second-order valence-electron chi connectivity index (χ2n) is 7.01. The Hall–Kier alpha value is -2.74. The number of esters is 1. The van der Waals surface area contributed by atoms with Crippen LogP contribution in [-0.2, 0) is 16.1 Å². The van der Waals surface area contributed by atoms with Crippen LogP contribution in [-0.4, -0.2) is 62.1 Å². The smallest absolute Gasteiger partial charge is 0.310 e. The minimum Gasteiger partial charge on any atom is -0.493 e. The molecule has 0 saturated carbocycles. The number of piperidine rings is 1. The SMILES string of the molecule is CCOC(=O)C1CCCN(Cc2cn[nH]c2-c2cc(OC)c(OC)c(OC)c2)C1. The number of aromatic nitrogens is 2. The van der Waals surface area contributed by atoms with Gasteiger partial charge in [0, 0.05) is 24.2 Å². The molecule has 1 aromatic heterocycles. The number of hydrogen-bond donors (Lipinski definition) is 1. The molecule has 1 saturated heterocycles. The van der Waals surface area contributed by atoms with E-state index in [-0.39, 0.29) is 11.9 Å². The van der Waals surface area contributed by atoms with Gasteiger partial charge in [-0.3, -0.25) is 14.8 Å². The first-order valence-corrected chi connectivity index (χ1v) is 9.82. The third kappa shape index (κ3) is 4.64. The molecule has 1 fully saturated rings.